The van der Waals surface area contributed by atoms with Crippen molar-refractivity contribution in [1.29, 1.82) is 0 Å². The van der Waals surface area contributed by atoms with Crippen LogP contribution in [0, 0.1) is 30.5 Å². The van der Waals surface area contributed by atoms with Crippen molar-refractivity contribution in [3.8, 4) is 0 Å². The third-order valence-electron chi connectivity index (χ3n) is 6.72. The zero-order valence-electron chi connectivity index (χ0n) is 17.7. The van der Waals surface area contributed by atoms with Crippen LogP contribution in [0.3, 0.4) is 0 Å². The first-order valence-corrected chi connectivity index (χ1v) is 10.3. The minimum absolute atomic E-state index is 0.148. The van der Waals surface area contributed by atoms with Crippen molar-refractivity contribution >= 4 is 17.3 Å². The quantitative estimate of drug-likeness (QED) is 0.795. The zero-order valence-corrected chi connectivity index (χ0v) is 17.7. The monoisotopic (exact) mass is 396 g/mol. The van der Waals surface area contributed by atoms with Gasteiger partial charge in [0.1, 0.15) is 11.5 Å². The molecule has 2 aliphatic heterocycles. The van der Waals surface area contributed by atoms with E-state index in [9.17, 15) is 9.18 Å². The molecular formula is C23H29FN4O. The molecule has 5 nitrogen and oxygen atoms in total. The summed E-state index contributed by atoms with van der Waals surface area (Å²) < 4.78 is 14.0. The Balaban J connectivity index is 1.70. The predicted molar refractivity (Wildman–Crippen MR) is 113 cm³/mol. The smallest absolute Gasteiger partial charge is 0.273 e. The molecule has 2 fully saturated rings. The van der Waals surface area contributed by atoms with Crippen LogP contribution >= 0.6 is 0 Å². The number of likely N-dealkylation sites (tertiary alicyclic amines) is 1. The molecule has 2 heterocycles. The summed E-state index contributed by atoms with van der Waals surface area (Å²) in [5, 5.41) is 0. The number of halogens is 1. The van der Waals surface area contributed by atoms with E-state index in [1.165, 1.54) is 6.07 Å². The van der Waals surface area contributed by atoms with Crippen molar-refractivity contribution in [2.75, 3.05) is 13.6 Å². The molecule has 3 aliphatic rings. The van der Waals surface area contributed by atoms with Gasteiger partial charge in [-0.2, -0.15) is 0 Å². The number of dihydropyridines is 1. The second-order valence-electron chi connectivity index (χ2n) is 8.81. The summed E-state index contributed by atoms with van der Waals surface area (Å²) in [4.78, 5) is 24.6. The molecule has 154 valence electrons. The number of hydrogen-bond acceptors (Lipinski definition) is 4. The molecule has 1 aromatic rings. The molecule has 29 heavy (non-hydrogen) atoms. The van der Waals surface area contributed by atoms with Gasteiger partial charge in [0.15, 0.2) is 0 Å². The van der Waals surface area contributed by atoms with E-state index in [0.717, 1.165) is 29.0 Å². The lowest BCUT2D eigenvalue weighted by molar-refractivity contribution is -0.125. The van der Waals surface area contributed by atoms with E-state index in [0.29, 0.717) is 29.7 Å². The van der Waals surface area contributed by atoms with Gasteiger partial charge in [0.05, 0.1) is 12.1 Å². The van der Waals surface area contributed by atoms with E-state index >= 15 is 0 Å². The van der Waals surface area contributed by atoms with Gasteiger partial charge < -0.3 is 10.6 Å². The number of aryl methyl sites for hydroxylation is 1. The molecule has 0 aromatic heterocycles. The summed E-state index contributed by atoms with van der Waals surface area (Å²) in [6.07, 6.45) is 0.802. The Kier molecular flexibility index (Phi) is 4.83. The molecule has 0 radical (unpaired) electrons. The molecule has 1 aromatic carbocycles. The molecule has 2 unspecified atom stereocenters. The highest BCUT2D eigenvalue weighted by Gasteiger charge is 2.52. The Bertz CT molecular complexity index is 964. The van der Waals surface area contributed by atoms with E-state index in [1.54, 1.807) is 19.2 Å². The number of carbonyl (C=O) groups is 1. The molecule has 1 aliphatic carbocycles. The number of carbonyl (C=O) groups excluding carboxylic acids is 1. The van der Waals surface area contributed by atoms with Gasteiger partial charge in [0.25, 0.3) is 5.91 Å². The maximum Gasteiger partial charge on any atom is 0.273 e. The number of nitrogens with two attached hydrogens (primary N) is 1. The van der Waals surface area contributed by atoms with Crippen LogP contribution < -0.4 is 5.73 Å². The van der Waals surface area contributed by atoms with Crippen molar-refractivity contribution in [3.63, 3.8) is 0 Å². The normalized spacial score (nSPS) is 31.7. The highest BCUT2D eigenvalue weighted by molar-refractivity contribution is 6.52. The van der Waals surface area contributed by atoms with Gasteiger partial charge >= 0.3 is 0 Å². The van der Waals surface area contributed by atoms with Crippen molar-refractivity contribution in [2.45, 2.75) is 46.2 Å². The summed E-state index contributed by atoms with van der Waals surface area (Å²) in [7, 11) is 1.63. The molecule has 1 saturated carbocycles. The zero-order chi connectivity index (χ0) is 21.0. The largest absolute Gasteiger partial charge is 0.401 e. The Morgan fingerprint density at radius 2 is 2.03 bits per heavy atom. The summed E-state index contributed by atoms with van der Waals surface area (Å²) in [5.74, 6) is 0.509. The van der Waals surface area contributed by atoms with Gasteiger partial charge in [-0.25, -0.2) is 4.39 Å². The van der Waals surface area contributed by atoms with Crippen LogP contribution in [0.5, 0.6) is 0 Å². The minimum atomic E-state index is -0.280. The lowest BCUT2D eigenvalue weighted by Gasteiger charge is -2.28. The third kappa shape index (κ3) is 3.18. The first-order valence-electron chi connectivity index (χ1n) is 10.3. The van der Waals surface area contributed by atoms with Crippen LogP contribution in [-0.2, 0) is 4.79 Å². The summed E-state index contributed by atoms with van der Waals surface area (Å²) in [6, 6.07) is 4.86. The van der Waals surface area contributed by atoms with Gasteiger partial charge in [-0.05, 0) is 55.4 Å². The number of aliphatic imine (C=N–C) groups is 2. The Labute approximate surface area is 171 Å². The van der Waals surface area contributed by atoms with Gasteiger partial charge in [0.2, 0.25) is 0 Å². The van der Waals surface area contributed by atoms with E-state index in [4.69, 9.17) is 10.7 Å². The SMILES string of the molecule is CN=C(C(=O)N1CC(C)C[C@@H]1c1cc(F)ccc1C)C1=C(N)C2[C@H](C)[C@H]2N=C1C. The molecule has 5 atom stereocenters. The van der Waals surface area contributed by atoms with E-state index in [2.05, 4.69) is 18.8 Å². The van der Waals surface area contributed by atoms with E-state index in [1.807, 2.05) is 18.7 Å². The Hall–Kier alpha value is -2.50. The maximum absolute atomic E-state index is 14.0. The number of hydrogen-bond donors (Lipinski definition) is 1. The molecule has 6 heteroatoms. The first kappa shape index (κ1) is 19.8. The summed E-state index contributed by atoms with van der Waals surface area (Å²) >= 11 is 0. The van der Waals surface area contributed by atoms with Crippen LogP contribution in [0.25, 0.3) is 0 Å². The van der Waals surface area contributed by atoms with E-state index < -0.39 is 0 Å². The number of amides is 1. The van der Waals surface area contributed by atoms with Crippen LogP contribution in [-0.4, -0.2) is 41.9 Å². The lowest BCUT2D eigenvalue weighted by atomic mass is 9.95. The third-order valence-corrected chi connectivity index (χ3v) is 6.72. The Morgan fingerprint density at radius 3 is 2.72 bits per heavy atom. The number of fused-ring (bicyclic) bond motifs is 1. The molecule has 1 amide bonds. The predicted octanol–water partition coefficient (Wildman–Crippen LogP) is 3.44. The number of nitrogens with zero attached hydrogens (tertiary/aromatic N) is 3. The fraction of sp³-hybridized carbons (Fsp3) is 0.522. The van der Waals surface area contributed by atoms with Gasteiger partial charge in [-0.1, -0.05) is 19.9 Å². The molecule has 1 saturated heterocycles. The van der Waals surface area contributed by atoms with Gasteiger partial charge in [-0.15, -0.1) is 0 Å². The van der Waals surface area contributed by atoms with Gasteiger partial charge in [0, 0.05) is 36.5 Å². The van der Waals surface area contributed by atoms with Crippen molar-refractivity contribution in [3.05, 3.63) is 46.4 Å². The minimum Gasteiger partial charge on any atom is -0.401 e. The average Bonchev–Trinajstić information content (AvgIpc) is 3.14. The van der Waals surface area contributed by atoms with Crippen LogP contribution in [0.15, 0.2) is 39.5 Å². The molecule has 0 spiro atoms. The highest BCUT2D eigenvalue weighted by atomic mass is 19.1. The molecule has 0 bridgehead atoms. The van der Waals surface area contributed by atoms with Gasteiger partial charge in [-0.3, -0.25) is 14.8 Å². The van der Waals surface area contributed by atoms with Crippen LogP contribution in [0.4, 0.5) is 4.39 Å². The fourth-order valence-corrected chi connectivity index (χ4v) is 5.06. The Morgan fingerprint density at radius 1 is 1.31 bits per heavy atom. The van der Waals surface area contributed by atoms with Crippen molar-refractivity contribution in [2.24, 2.45) is 33.5 Å². The standard InChI is InChI=1S/C23H29FN4O/c1-11-8-17(16-9-15(24)7-6-12(16)2)28(10-11)23(29)22(26-5)19-14(4)27-21-13(3)18(21)20(19)25/h6-7,9,11,13,17-18,21H,8,10,25H2,1-5H3/t11?,13-,17+,18?,21+/m0/s1. The van der Waals surface area contributed by atoms with Crippen molar-refractivity contribution < 1.29 is 9.18 Å². The topological polar surface area (TPSA) is 71.0 Å². The fourth-order valence-electron chi connectivity index (χ4n) is 5.06. The van der Waals surface area contributed by atoms with Crippen molar-refractivity contribution in [1.82, 2.24) is 4.90 Å². The second kappa shape index (κ2) is 7.08. The molecule has 2 N–H and O–H groups in total. The average molecular weight is 397 g/mol. The number of rotatable bonds is 3. The van der Waals surface area contributed by atoms with Crippen LogP contribution in [0.2, 0.25) is 0 Å². The number of benzene rings is 1. The highest BCUT2D eigenvalue weighted by Crippen LogP contribution is 2.49. The maximum atomic E-state index is 14.0. The van der Waals surface area contributed by atoms with E-state index in [-0.39, 0.29) is 29.7 Å². The summed E-state index contributed by atoms with van der Waals surface area (Å²) in [6.45, 7) is 8.74. The van der Waals surface area contributed by atoms with Crippen LogP contribution in [0.1, 0.15) is 44.4 Å². The second-order valence-corrected chi connectivity index (χ2v) is 8.81. The lowest BCUT2D eigenvalue weighted by Crippen LogP contribution is -2.40. The first-order chi connectivity index (χ1) is 13.7. The molecular weight excluding hydrogens is 367 g/mol. The summed E-state index contributed by atoms with van der Waals surface area (Å²) in [5.41, 5.74) is 10.9. The molecule has 4 rings (SSSR count).